The lowest BCUT2D eigenvalue weighted by atomic mass is 10.1. The van der Waals surface area contributed by atoms with Gasteiger partial charge >= 0.3 is 0 Å². The molecule has 1 heterocycles. The molecule has 102 valence electrons. The van der Waals surface area contributed by atoms with Crippen LogP contribution in [0.25, 0.3) is 0 Å². The number of carbonyl (C=O) groups excluding carboxylic acids is 1. The number of hydrogen-bond acceptors (Lipinski definition) is 3. The molecule has 0 saturated heterocycles. The first-order valence-electron chi connectivity index (χ1n) is 6.32. The van der Waals surface area contributed by atoms with Gasteiger partial charge in [0.05, 0.1) is 17.8 Å². The van der Waals surface area contributed by atoms with Gasteiger partial charge in [0, 0.05) is 12.2 Å². The van der Waals surface area contributed by atoms with Crippen LogP contribution in [0, 0.1) is 5.82 Å². The van der Waals surface area contributed by atoms with E-state index in [4.69, 9.17) is 5.73 Å². The van der Waals surface area contributed by atoms with Gasteiger partial charge in [0.15, 0.2) is 0 Å². The van der Waals surface area contributed by atoms with Crippen LogP contribution in [0.1, 0.15) is 11.1 Å². The Morgan fingerprint density at radius 1 is 1.25 bits per heavy atom. The highest BCUT2D eigenvalue weighted by Crippen LogP contribution is 2.31. The molecule has 2 aromatic rings. The Balaban J connectivity index is 1.76. The highest BCUT2D eigenvalue weighted by molar-refractivity contribution is 6.00. The molecule has 1 aliphatic heterocycles. The van der Waals surface area contributed by atoms with Gasteiger partial charge in [-0.25, -0.2) is 4.39 Å². The molecule has 0 unspecified atom stereocenters. The summed E-state index contributed by atoms with van der Waals surface area (Å²) >= 11 is 0. The maximum Gasteiger partial charge on any atom is 0.228 e. The molecule has 0 atom stereocenters. The predicted molar refractivity (Wildman–Crippen MR) is 76.9 cm³/mol. The zero-order valence-corrected chi connectivity index (χ0v) is 10.7. The van der Waals surface area contributed by atoms with Gasteiger partial charge in [0.2, 0.25) is 5.91 Å². The topological polar surface area (TPSA) is 67.2 Å². The number of fused-ring (bicyclic) bond motifs is 1. The fourth-order valence-electron chi connectivity index (χ4n) is 2.25. The number of amides is 1. The molecule has 20 heavy (non-hydrogen) atoms. The summed E-state index contributed by atoms with van der Waals surface area (Å²) in [5.74, 6) is -0.274. The van der Waals surface area contributed by atoms with Gasteiger partial charge in [-0.05, 0) is 35.4 Å². The van der Waals surface area contributed by atoms with Crippen molar-refractivity contribution in [2.24, 2.45) is 0 Å². The van der Waals surface area contributed by atoms with Gasteiger partial charge in [-0.1, -0.05) is 12.1 Å². The van der Waals surface area contributed by atoms with Crippen molar-refractivity contribution in [1.29, 1.82) is 0 Å². The Bertz CT molecular complexity index is 668. The third-order valence-corrected chi connectivity index (χ3v) is 3.30. The number of benzene rings is 2. The molecule has 5 heteroatoms. The van der Waals surface area contributed by atoms with Crippen LogP contribution < -0.4 is 16.4 Å². The number of halogens is 1. The van der Waals surface area contributed by atoms with Gasteiger partial charge in [-0.15, -0.1) is 0 Å². The molecule has 3 rings (SSSR count). The van der Waals surface area contributed by atoms with Crippen molar-refractivity contribution in [3.63, 3.8) is 0 Å². The molecular weight excluding hydrogens is 257 g/mol. The Kier molecular flexibility index (Phi) is 3.02. The average Bonchev–Trinajstić information content (AvgIpc) is 2.77. The maximum absolute atomic E-state index is 12.8. The zero-order valence-electron chi connectivity index (χ0n) is 10.7. The lowest BCUT2D eigenvalue weighted by Gasteiger charge is -2.11. The number of nitrogen functional groups attached to an aromatic ring is 1. The predicted octanol–water partition coefficient (Wildman–Crippen LogP) is 2.51. The molecule has 0 aromatic heterocycles. The summed E-state index contributed by atoms with van der Waals surface area (Å²) in [7, 11) is 0. The summed E-state index contributed by atoms with van der Waals surface area (Å²) in [5, 5.41) is 5.98. The molecule has 2 aromatic carbocycles. The Morgan fingerprint density at radius 2 is 2.00 bits per heavy atom. The Hall–Kier alpha value is -2.56. The van der Waals surface area contributed by atoms with Crippen molar-refractivity contribution >= 4 is 23.0 Å². The second-order valence-electron chi connectivity index (χ2n) is 4.80. The van der Waals surface area contributed by atoms with Gasteiger partial charge in [0.1, 0.15) is 5.82 Å². The summed E-state index contributed by atoms with van der Waals surface area (Å²) in [6.07, 6.45) is 0.373. The van der Waals surface area contributed by atoms with E-state index in [9.17, 15) is 9.18 Å². The summed E-state index contributed by atoms with van der Waals surface area (Å²) in [5.41, 5.74) is 9.99. The Morgan fingerprint density at radius 3 is 2.75 bits per heavy atom. The first kappa shape index (κ1) is 12.5. The summed E-state index contributed by atoms with van der Waals surface area (Å²) in [4.78, 5) is 11.3. The minimum absolute atomic E-state index is 0.0184. The van der Waals surface area contributed by atoms with Crippen molar-refractivity contribution in [3.05, 3.63) is 53.3 Å². The van der Waals surface area contributed by atoms with Crippen LogP contribution in [0.15, 0.2) is 36.4 Å². The first-order chi connectivity index (χ1) is 9.61. The summed E-state index contributed by atoms with van der Waals surface area (Å²) in [6, 6.07) is 9.91. The number of carbonyl (C=O) groups is 1. The fourth-order valence-corrected chi connectivity index (χ4v) is 2.25. The lowest BCUT2D eigenvalue weighted by molar-refractivity contribution is -0.115. The number of nitrogens with two attached hydrogens (primary N) is 1. The van der Waals surface area contributed by atoms with Gasteiger partial charge in [-0.2, -0.15) is 0 Å². The van der Waals surface area contributed by atoms with E-state index in [1.165, 1.54) is 12.1 Å². The second kappa shape index (κ2) is 4.85. The average molecular weight is 271 g/mol. The van der Waals surface area contributed by atoms with Crippen molar-refractivity contribution < 1.29 is 9.18 Å². The standard InChI is InChI=1S/C15H14FN3O/c16-11-3-1-9(2-4-11)8-18-14-7-13-10(5-12(14)17)6-15(20)19-13/h1-5,7,18H,6,8,17H2,(H,19,20). The van der Waals surface area contributed by atoms with E-state index in [0.717, 1.165) is 22.5 Å². The van der Waals surface area contributed by atoms with Gasteiger partial charge in [0.25, 0.3) is 0 Å². The van der Waals surface area contributed by atoms with Crippen molar-refractivity contribution in [1.82, 2.24) is 0 Å². The quantitative estimate of drug-likeness (QED) is 0.751. The Labute approximate surface area is 115 Å². The monoisotopic (exact) mass is 271 g/mol. The van der Waals surface area contributed by atoms with Gasteiger partial charge < -0.3 is 16.4 Å². The normalized spacial score (nSPS) is 12.9. The van der Waals surface area contributed by atoms with Crippen LogP contribution in [0.2, 0.25) is 0 Å². The second-order valence-corrected chi connectivity index (χ2v) is 4.80. The van der Waals surface area contributed by atoms with E-state index < -0.39 is 0 Å². The highest BCUT2D eigenvalue weighted by Gasteiger charge is 2.19. The van der Waals surface area contributed by atoms with E-state index in [1.54, 1.807) is 18.2 Å². The van der Waals surface area contributed by atoms with Crippen molar-refractivity contribution in [2.45, 2.75) is 13.0 Å². The van der Waals surface area contributed by atoms with Crippen LogP contribution in [-0.4, -0.2) is 5.91 Å². The number of anilines is 3. The molecule has 1 amide bonds. The van der Waals surface area contributed by atoms with Crippen LogP contribution in [-0.2, 0) is 17.8 Å². The number of rotatable bonds is 3. The molecule has 0 aliphatic carbocycles. The van der Waals surface area contributed by atoms with E-state index in [-0.39, 0.29) is 11.7 Å². The minimum atomic E-state index is -0.256. The van der Waals surface area contributed by atoms with Gasteiger partial charge in [-0.3, -0.25) is 4.79 Å². The molecule has 0 spiro atoms. The summed E-state index contributed by atoms with van der Waals surface area (Å²) in [6.45, 7) is 0.539. The van der Waals surface area contributed by atoms with E-state index in [1.807, 2.05) is 6.07 Å². The lowest BCUT2D eigenvalue weighted by Crippen LogP contribution is -2.04. The third-order valence-electron chi connectivity index (χ3n) is 3.30. The van der Waals surface area contributed by atoms with Crippen LogP contribution in [0.3, 0.4) is 0 Å². The number of nitrogens with one attached hydrogen (secondary N) is 2. The van der Waals surface area contributed by atoms with E-state index >= 15 is 0 Å². The van der Waals surface area contributed by atoms with Crippen molar-refractivity contribution in [3.8, 4) is 0 Å². The van der Waals surface area contributed by atoms with Crippen LogP contribution in [0.5, 0.6) is 0 Å². The van der Waals surface area contributed by atoms with E-state index in [0.29, 0.717) is 18.7 Å². The number of hydrogen-bond donors (Lipinski definition) is 3. The molecule has 4 N–H and O–H groups in total. The molecular formula is C15H14FN3O. The zero-order chi connectivity index (χ0) is 14.1. The van der Waals surface area contributed by atoms with Crippen LogP contribution in [0.4, 0.5) is 21.5 Å². The molecule has 1 aliphatic rings. The first-order valence-corrected chi connectivity index (χ1v) is 6.32. The highest BCUT2D eigenvalue weighted by atomic mass is 19.1. The molecule has 0 radical (unpaired) electrons. The smallest absolute Gasteiger partial charge is 0.228 e. The largest absolute Gasteiger partial charge is 0.397 e. The molecule has 0 saturated carbocycles. The van der Waals surface area contributed by atoms with Crippen molar-refractivity contribution in [2.75, 3.05) is 16.4 Å². The SMILES string of the molecule is Nc1cc2c(cc1NCc1ccc(F)cc1)NC(=O)C2. The van der Waals surface area contributed by atoms with Crippen LogP contribution >= 0.6 is 0 Å². The van der Waals surface area contributed by atoms with E-state index in [2.05, 4.69) is 10.6 Å². The molecule has 0 fully saturated rings. The summed E-state index contributed by atoms with van der Waals surface area (Å²) < 4.78 is 12.8. The fraction of sp³-hybridized carbons (Fsp3) is 0.133. The molecule has 0 bridgehead atoms. The maximum atomic E-state index is 12.8. The molecule has 4 nitrogen and oxygen atoms in total. The minimum Gasteiger partial charge on any atom is -0.397 e. The third kappa shape index (κ3) is 2.42.